The van der Waals surface area contributed by atoms with Gasteiger partial charge in [-0.25, -0.2) is 0 Å². The van der Waals surface area contributed by atoms with Gasteiger partial charge in [0.1, 0.15) is 0 Å². The molecular formula is C23H25ClN2O2. The predicted molar refractivity (Wildman–Crippen MR) is 113 cm³/mol. The molecule has 0 amide bonds. The number of nitrogens with zero attached hydrogens (tertiary/aromatic N) is 2. The van der Waals surface area contributed by atoms with Gasteiger partial charge < -0.3 is 9.47 Å². The summed E-state index contributed by atoms with van der Waals surface area (Å²) in [7, 11) is 3.32. The van der Waals surface area contributed by atoms with Crippen LogP contribution in [0, 0.1) is 0 Å². The van der Waals surface area contributed by atoms with Crippen molar-refractivity contribution >= 4 is 11.6 Å². The van der Waals surface area contributed by atoms with Gasteiger partial charge in [0, 0.05) is 37.1 Å². The van der Waals surface area contributed by atoms with E-state index < -0.39 is 0 Å². The molecule has 5 heteroatoms. The smallest absolute Gasteiger partial charge is 0.160 e. The highest BCUT2D eigenvalue weighted by Gasteiger charge is 2.10. The van der Waals surface area contributed by atoms with Gasteiger partial charge in [0.2, 0.25) is 0 Å². The highest BCUT2D eigenvalue weighted by Crippen LogP contribution is 2.28. The van der Waals surface area contributed by atoms with Crippen molar-refractivity contribution in [2.45, 2.75) is 19.5 Å². The maximum atomic E-state index is 6.03. The van der Waals surface area contributed by atoms with E-state index in [0.717, 1.165) is 42.6 Å². The van der Waals surface area contributed by atoms with Crippen LogP contribution in [0.25, 0.3) is 0 Å². The van der Waals surface area contributed by atoms with E-state index in [9.17, 15) is 0 Å². The number of methoxy groups -OCH3 is 2. The van der Waals surface area contributed by atoms with E-state index in [1.165, 1.54) is 16.7 Å². The normalized spacial score (nSPS) is 10.9. The predicted octanol–water partition coefficient (Wildman–Crippen LogP) is 5.00. The molecule has 4 nitrogen and oxygen atoms in total. The second kappa shape index (κ2) is 10.1. The lowest BCUT2D eigenvalue weighted by molar-refractivity contribution is 0.260. The number of hydrogen-bond donors (Lipinski definition) is 0. The second-order valence-electron chi connectivity index (χ2n) is 6.63. The maximum Gasteiger partial charge on any atom is 0.160 e. The summed E-state index contributed by atoms with van der Waals surface area (Å²) in [4.78, 5) is 6.54. The molecule has 1 aromatic heterocycles. The lowest BCUT2D eigenvalue weighted by atomic mass is 10.1. The van der Waals surface area contributed by atoms with Crippen LogP contribution in [0.2, 0.25) is 5.02 Å². The summed E-state index contributed by atoms with van der Waals surface area (Å²) in [5, 5.41) is 0.759. The topological polar surface area (TPSA) is 34.6 Å². The van der Waals surface area contributed by atoms with E-state index >= 15 is 0 Å². The lowest BCUT2D eigenvalue weighted by Gasteiger charge is -2.23. The molecule has 2 aromatic carbocycles. The van der Waals surface area contributed by atoms with Crippen LogP contribution >= 0.6 is 11.6 Å². The Bertz CT molecular complexity index is 870. The molecule has 0 spiro atoms. The van der Waals surface area contributed by atoms with Gasteiger partial charge in [0.05, 0.1) is 14.2 Å². The van der Waals surface area contributed by atoms with Gasteiger partial charge in [0.25, 0.3) is 0 Å². The van der Waals surface area contributed by atoms with Crippen molar-refractivity contribution in [1.29, 1.82) is 0 Å². The van der Waals surface area contributed by atoms with Gasteiger partial charge in [-0.1, -0.05) is 29.8 Å². The molecule has 0 radical (unpaired) electrons. The van der Waals surface area contributed by atoms with Crippen LogP contribution < -0.4 is 9.47 Å². The zero-order valence-electron chi connectivity index (χ0n) is 16.3. The minimum absolute atomic E-state index is 0.751. The quantitative estimate of drug-likeness (QED) is 0.510. The monoisotopic (exact) mass is 396 g/mol. The third-order valence-corrected chi connectivity index (χ3v) is 4.89. The van der Waals surface area contributed by atoms with Gasteiger partial charge in [-0.05, 0) is 59.5 Å². The molecule has 0 N–H and O–H groups in total. The molecule has 0 saturated heterocycles. The Morgan fingerprint density at radius 3 is 2.04 bits per heavy atom. The number of hydrogen-bond acceptors (Lipinski definition) is 4. The fraction of sp³-hybridized carbons (Fsp3) is 0.261. The SMILES string of the molecule is COc1ccc(CCN(Cc2ccncc2)Cc2ccc(Cl)cc2)cc1OC. The van der Waals surface area contributed by atoms with Crippen LogP contribution in [0.15, 0.2) is 67.0 Å². The van der Waals surface area contributed by atoms with Crippen LogP contribution in [-0.2, 0) is 19.5 Å². The molecule has 0 fully saturated rings. The Labute approximate surface area is 171 Å². The van der Waals surface area contributed by atoms with Crippen molar-refractivity contribution in [1.82, 2.24) is 9.88 Å². The summed E-state index contributed by atoms with van der Waals surface area (Å²) in [6, 6.07) is 18.3. The van der Waals surface area contributed by atoms with Gasteiger partial charge in [-0.3, -0.25) is 9.88 Å². The van der Waals surface area contributed by atoms with Crippen LogP contribution in [0.3, 0.4) is 0 Å². The number of benzene rings is 2. The Morgan fingerprint density at radius 1 is 0.786 bits per heavy atom. The molecule has 0 bridgehead atoms. The first-order valence-corrected chi connectivity index (χ1v) is 9.62. The minimum atomic E-state index is 0.751. The average Bonchev–Trinajstić information content (AvgIpc) is 2.74. The number of ether oxygens (including phenoxy) is 2. The summed E-state index contributed by atoms with van der Waals surface area (Å²) in [5.41, 5.74) is 3.70. The highest BCUT2D eigenvalue weighted by molar-refractivity contribution is 6.30. The standard InChI is InChI=1S/C23H25ClN2O2/c1-27-22-8-5-18(15-23(22)28-2)11-14-26(17-20-9-12-25-13-10-20)16-19-3-6-21(24)7-4-19/h3-10,12-13,15H,11,14,16-17H2,1-2H3. The van der Waals surface area contributed by atoms with Gasteiger partial charge >= 0.3 is 0 Å². The van der Waals surface area contributed by atoms with Gasteiger partial charge in [0.15, 0.2) is 11.5 Å². The molecule has 28 heavy (non-hydrogen) atoms. The van der Waals surface area contributed by atoms with E-state index in [1.54, 1.807) is 14.2 Å². The Kier molecular flexibility index (Phi) is 7.29. The molecule has 0 unspecified atom stereocenters. The van der Waals surface area contributed by atoms with E-state index in [0.29, 0.717) is 0 Å². The van der Waals surface area contributed by atoms with Crippen LogP contribution in [-0.4, -0.2) is 30.6 Å². The molecule has 0 aliphatic rings. The number of pyridine rings is 1. The van der Waals surface area contributed by atoms with Crippen molar-refractivity contribution in [3.05, 3.63) is 88.7 Å². The summed E-state index contributed by atoms with van der Waals surface area (Å²) in [6.07, 6.45) is 4.59. The molecule has 1 heterocycles. The van der Waals surface area contributed by atoms with Gasteiger partial charge in [-0.15, -0.1) is 0 Å². The first-order valence-electron chi connectivity index (χ1n) is 9.24. The largest absolute Gasteiger partial charge is 0.493 e. The summed E-state index contributed by atoms with van der Waals surface area (Å²) >= 11 is 6.03. The highest BCUT2D eigenvalue weighted by atomic mass is 35.5. The summed E-state index contributed by atoms with van der Waals surface area (Å²) in [6.45, 7) is 2.63. The zero-order valence-corrected chi connectivity index (χ0v) is 17.0. The summed E-state index contributed by atoms with van der Waals surface area (Å²) < 4.78 is 10.8. The van der Waals surface area contributed by atoms with Crippen molar-refractivity contribution < 1.29 is 9.47 Å². The van der Waals surface area contributed by atoms with E-state index in [1.807, 2.05) is 36.7 Å². The molecule has 0 saturated carbocycles. The fourth-order valence-corrected chi connectivity index (χ4v) is 3.26. The Balaban J connectivity index is 1.72. The molecule has 3 aromatic rings. The second-order valence-corrected chi connectivity index (χ2v) is 7.07. The van der Waals surface area contributed by atoms with Crippen molar-refractivity contribution in [2.75, 3.05) is 20.8 Å². The summed E-state index contributed by atoms with van der Waals surface area (Å²) in [5.74, 6) is 1.51. The van der Waals surface area contributed by atoms with E-state index in [-0.39, 0.29) is 0 Å². The van der Waals surface area contributed by atoms with Crippen LogP contribution in [0.1, 0.15) is 16.7 Å². The molecule has 3 rings (SSSR count). The fourth-order valence-electron chi connectivity index (χ4n) is 3.13. The average molecular weight is 397 g/mol. The first-order chi connectivity index (χ1) is 13.7. The number of rotatable bonds is 9. The Morgan fingerprint density at radius 2 is 1.39 bits per heavy atom. The molecule has 0 aliphatic carbocycles. The maximum absolute atomic E-state index is 6.03. The third kappa shape index (κ3) is 5.72. The first kappa shape index (κ1) is 20.2. The van der Waals surface area contributed by atoms with E-state index in [4.69, 9.17) is 21.1 Å². The van der Waals surface area contributed by atoms with Crippen molar-refractivity contribution in [3.63, 3.8) is 0 Å². The van der Waals surface area contributed by atoms with E-state index in [2.05, 4.69) is 40.2 Å². The Hall–Kier alpha value is -2.56. The van der Waals surface area contributed by atoms with Crippen LogP contribution in [0.5, 0.6) is 11.5 Å². The van der Waals surface area contributed by atoms with Gasteiger partial charge in [-0.2, -0.15) is 0 Å². The minimum Gasteiger partial charge on any atom is -0.493 e. The third-order valence-electron chi connectivity index (χ3n) is 4.64. The molecule has 0 atom stereocenters. The van der Waals surface area contributed by atoms with Crippen molar-refractivity contribution in [3.8, 4) is 11.5 Å². The molecule has 146 valence electrons. The molecule has 0 aliphatic heterocycles. The van der Waals surface area contributed by atoms with Crippen LogP contribution in [0.4, 0.5) is 0 Å². The van der Waals surface area contributed by atoms with Crippen molar-refractivity contribution in [2.24, 2.45) is 0 Å². The zero-order chi connectivity index (χ0) is 19.8. The number of halogens is 1. The molecular weight excluding hydrogens is 372 g/mol. The number of aromatic nitrogens is 1. The lowest BCUT2D eigenvalue weighted by Crippen LogP contribution is -2.25.